The van der Waals surface area contributed by atoms with Crippen molar-refractivity contribution in [2.24, 2.45) is 0 Å². The second-order valence-corrected chi connectivity index (χ2v) is 11.9. The Bertz CT molecular complexity index is 1550. The molecule has 45 heavy (non-hydrogen) atoms. The van der Waals surface area contributed by atoms with E-state index in [1.165, 1.54) is 24.3 Å². The highest BCUT2D eigenvalue weighted by Crippen LogP contribution is 2.27. The number of carbonyl (C=O) groups excluding carboxylic acids is 1. The average Bonchev–Trinajstić information content (AvgIpc) is 3.48. The van der Waals surface area contributed by atoms with Crippen molar-refractivity contribution in [2.75, 3.05) is 64.4 Å². The summed E-state index contributed by atoms with van der Waals surface area (Å²) >= 11 is 0. The number of urea groups is 1. The molecule has 0 atom stereocenters. The van der Waals surface area contributed by atoms with Crippen LogP contribution in [-0.2, 0) is 13.1 Å². The maximum atomic E-state index is 13.5. The van der Waals surface area contributed by atoms with Gasteiger partial charge in [-0.2, -0.15) is 0 Å². The second-order valence-electron chi connectivity index (χ2n) is 11.9. The molecule has 2 fully saturated rings. The normalized spacial score (nSPS) is 16.6. The minimum atomic E-state index is -0.332. The van der Waals surface area contributed by atoms with E-state index in [9.17, 15) is 13.6 Å². The molecule has 0 bridgehead atoms. The van der Waals surface area contributed by atoms with Crippen molar-refractivity contribution in [1.82, 2.24) is 25.2 Å². The number of carbonyl (C=O) groups is 1. The predicted octanol–water partition coefficient (Wildman–Crippen LogP) is 5.11. The third-order valence-corrected chi connectivity index (χ3v) is 8.79. The van der Waals surface area contributed by atoms with Crippen molar-refractivity contribution in [2.45, 2.75) is 32.0 Å². The Kier molecular flexibility index (Phi) is 9.75. The topological polar surface area (TPSA) is 77.3 Å². The van der Waals surface area contributed by atoms with Gasteiger partial charge >= 0.3 is 6.03 Å². The first-order chi connectivity index (χ1) is 21.9. The molecular formula is C34H40F2N6O3. The monoisotopic (exact) mass is 618 g/mol. The third kappa shape index (κ3) is 7.90. The summed E-state index contributed by atoms with van der Waals surface area (Å²) < 4.78 is 38.3. The fourth-order valence-electron chi connectivity index (χ4n) is 6.04. The summed E-state index contributed by atoms with van der Waals surface area (Å²) in [7, 11) is 2.10. The zero-order valence-electron chi connectivity index (χ0n) is 25.6. The van der Waals surface area contributed by atoms with Gasteiger partial charge in [0.05, 0.1) is 5.39 Å². The van der Waals surface area contributed by atoms with Crippen LogP contribution in [0.25, 0.3) is 11.0 Å². The molecule has 11 heteroatoms. The fraction of sp³-hybridized carbons (Fsp3) is 0.412. The molecule has 238 valence electrons. The number of ether oxygens (including phenoxy) is 1. The number of hydrogen-bond donors (Lipinski definition) is 1. The molecule has 2 aliphatic heterocycles. The van der Waals surface area contributed by atoms with Crippen LogP contribution in [-0.4, -0.2) is 91.4 Å². The van der Waals surface area contributed by atoms with Gasteiger partial charge in [-0.05, 0) is 80.5 Å². The number of benzene rings is 3. The Morgan fingerprint density at radius 1 is 0.933 bits per heavy atom. The van der Waals surface area contributed by atoms with Gasteiger partial charge in [0.2, 0.25) is 0 Å². The molecule has 3 heterocycles. The summed E-state index contributed by atoms with van der Waals surface area (Å²) in [6, 6.07) is 18.7. The maximum Gasteiger partial charge on any atom is 0.318 e. The molecule has 2 amide bonds. The lowest BCUT2D eigenvalue weighted by Gasteiger charge is -2.37. The van der Waals surface area contributed by atoms with E-state index in [0.717, 1.165) is 86.7 Å². The van der Waals surface area contributed by atoms with E-state index >= 15 is 0 Å². The highest BCUT2D eigenvalue weighted by molar-refractivity contribution is 5.88. The van der Waals surface area contributed by atoms with Crippen LogP contribution >= 0.6 is 0 Å². The van der Waals surface area contributed by atoms with E-state index in [-0.39, 0.29) is 23.7 Å². The molecule has 0 saturated carbocycles. The molecule has 2 aliphatic rings. The minimum absolute atomic E-state index is 0.111. The Labute approximate surface area is 262 Å². The summed E-state index contributed by atoms with van der Waals surface area (Å²) in [4.78, 5) is 22.1. The first-order valence-corrected chi connectivity index (χ1v) is 15.6. The number of amides is 2. The lowest BCUT2D eigenvalue weighted by atomic mass is 10.0. The van der Waals surface area contributed by atoms with E-state index in [1.54, 1.807) is 18.2 Å². The van der Waals surface area contributed by atoms with Gasteiger partial charge in [-0.3, -0.25) is 4.90 Å². The van der Waals surface area contributed by atoms with Crippen LogP contribution in [0.4, 0.5) is 19.4 Å². The molecule has 2 saturated heterocycles. The SMILES string of the molecule is CN1CCC(N(Cc2ccc(F)cc2)C(=O)NCc2ccc(OCCN3CCN(c4noc5cc(F)ccc45)CC3)cc2)CC1. The number of nitrogens with one attached hydrogen (secondary N) is 1. The van der Waals surface area contributed by atoms with Gasteiger partial charge < -0.3 is 29.3 Å². The van der Waals surface area contributed by atoms with E-state index in [1.807, 2.05) is 29.2 Å². The number of hydrogen-bond acceptors (Lipinski definition) is 7. The summed E-state index contributed by atoms with van der Waals surface area (Å²) in [5.74, 6) is 0.938. The van der Waals surface area contributed by atoms with Gasteiger partial charge in [0.25, 0.3) is 0 Å². The molecule has 0 spiro atoms. The fourth-order valence-corrected chi connectivity index (χ4v) is 6.04. The van der Waals surface area contributed by atoms with Gasteiger partial charge in [0.15, 0.2) is 11.4 Å². The Balaban J connectivity index is 0.945. The van der Waals surface area contributed by atoms with Crippen LogP contribution in [0.1, 0.15) is 24.0 Å². The number of piperidine rings is 1. The van der Waals surface area contributed by atoms with E-state index in [0.29, 0.717) is 25.3 Å². The molecule has 1 N–H and O–H groups in total. The van der Waals surface area contributed by atoms with Crippen LogP contribution in [0.15, 0.2) is 71.3 Å². The lowest BCUT2D eigenvalue weighted by Crippen LogP contribution is -2.49. The Hall–Kier alpha value is -4.22. The number of aromatic nitrogens is 1. The Morgan fingerprint density at radius 2 is 1.62 bits per heavy atom. The van der Waals surface area contributed by atoms with Crippen molar-refractivity contribution >= 4 is 22.8 Å². The molecule has 0 unspecified atom stereocenters. The number of rotatable bonds is 10. The molecule has 1 aromatic heterocycles. The standard InChI is InChI=1S/C34H40F2N6O3/c1-39-14-12-29(13-15-39)42(24-26-2-6-27(35)7-3-26)34(43)37-23-25-4-9-30(10-5-25)44-21-20-40-16-18-41(19-17-40)33-31-11-8-28(36)22-32(31)45-38-33/h2-11,22,29H,12-21,23-24H2,1H3,(H,37,43). The van der Waals surface area contributed by atoms with E-state index in [2.05, 4.69) is 32.2 Å². The van der Waals surface area contributed by atoms with E-state index in [4.69, 9.17) is 9.26 Å². The van der Waals surface area contributed by atoms with Crippen LogP contribution in [0.3, 0.4) is 0 Å². The zero-order valence-corrected chi connectivity index (χ0v) is 25.6. The smallest absolute Gasteiger partial charge is 0.318 e. The molecule has 0 radical (unpaired) electrons. The molecule has 3 aromatic carbocycles. The van der Waals surface area contributed by atoms with Gasteiger partial charge in [-0.25, -0.2) is 13.6 Å². The van der Waals surface area contributed by atoms with Gasteiger partial charge in [0, 0.05) is 57.9 Å². The van der Waals surface area contributed by atoms with Crippen molar-refractivity contribution in [1.29, 1.82) is 0 Å². The van der Waals surface area contributed by atoms with Gasteiger partial charge in [0.1, 0.15) is 24.0 Å². The van der Waals surface area contributed by atoms with Crippen molar-refractivity contribution < 1.29 is 22.8 Å². The summed E-state index contributed by atoms with van der Waals surface area (Å²) in [6.45, 7) is 7.45. The summed E-state index contributed by atoms with van der Waals surface area (Å²) in [5, 5.41) is 8.09. The first-order valence-electron chi connectivity index (χ1n) is 15.6. The molecule has 0 aliphatic carbocycles. The maximum absolute atomic E-state index is 13.5. The number of halogens is 2. The zero-order chi connectivity index (χ0) is 31.2. The molecule has 4 aromatic rings. The average molecular weight is 619 g/mol. The van der Waals surface area contributed by atoms with Crippen LogP contribution < -0.4 is 15.0 Å². The second kappa shape index (κ2) is 14.3. The largest absolute Gasteiger partial charge is 0.492 e. The summed E-state index contributed by atoms with van der Waals surface area (Å²) in [5.41, 5.74) is 2.36. The van der Waals surface area contributed by atoms with Gasteiger partial charge in [-0.15, -0.1) is 0 Å². The number of fused-ring (bicyclic) bond motifs is 1. The molecule has 9 nitrogen and oxygen atoms in total. The number of piperazine rings is 1. The van der Waals surface area contributed by atoms with E-state index < -0.39 is 0 Å². The van der Waals surface area contributed by atoms with Crippen LogP contribution in [0.5, 0.6) is 5.75 Å². The first kappa shape index (κ1) is 30.8. The quantitative estimate of drug-likeness (QED) is 0.265. The van der Waals surface area contributed by atoms with Crippen molar-refractivity contribution in [3.63, 3.8) is 0 Å². The number of likely N-dealkylation sites (tertiary alicyclic amines) is 1. The number of nitrogens with zero attached hydrogens (tertiary/aromatic N) is 5. The molecular weight excluding hydrogens is 578 g/mol. The molecule has 6 rings (SSSR count). The van der Waals surface area contributed by atoms with Crippen molar-refractivity contribution in [3.05, 3.63) is 89.5 Å². The highest BCUT2D eigenvalue weighted by Gasteiger charge is 2.27. The van der Waals surface area contributed by atoms with Crippen LogP contribution in [0.2, 0.25) is 0 Å². The number of anilines is 1. The minimum Gasteiger partial charge on any atom is -0.492 e. The predicted molar refractivity (Wildman–Crippen MR) is 169 cm³/mol. The lowest BCUT2D eigenvalue weighted by molar-refractivity contribution is 0.127. The van der Waals surface area contributed by atoms with Crippen LogP contribution in [0, 0.1) is 11.6 Å². The van der Waals surface area contributed by atoms with Gasteiger partial charge in [-0.1, -0.05) is 29.4 Å². The van der Waals surface area contributed by atoms with Crippen molar-refractivity contribution in [3.8, 4) is 5.75 Å². The Morgan fingerprint density at radius 3 is 2.36 bits per heavy atom. The third-order valence-electron chi connectivity index (χ3n) is 8.79. The summed E-state index contributed by atoms with van der Waals surface area (Å²) in [6.07, 6.45) is 1.82. The highest BCUT2D eigenvalue weighted by atomic mass is 19.1.